The number of hydrogen-bond donors (Lipinski definition) is 0. The molecular weight excluding hydrogens is 663 g/mol. The molecule has 7 aromatic carbocycles. The van der Waals surface area contributed by atoms with Crippen LogP contribution in [0.5, 0.6) is 0 Å². The molecule has 4 heterocycles. The minimum atomic E-state index is -0.000558. The SMILES string of the molecule is Cc1cc(C)c(-c2cc3c(c4ccccc24)c2cccc4c2n3-c2ccc(C)c3c2B4n2c4ccc(C(C)(C)C)cc4c4cc(C(C)(C)C)cc-3c42)c(C)c1. The van der Waals surface area contributed by atoms with Crippen LogP contribution in [0.2, 0.25) is 0 Å². The van der Waals surface area contributed by atoms with Gasteiger partial charge < -0.3 is 9.05 Å². The maximum absolute atomic E-state index is 2.72. The van der Waals surface area contributed by atoms with Crippen molar-refractivity contribution >= 4 is 72.2 Å². The van der Waals surface area contributed by atoms with Crippen molar-refractivity contribution in [3.05, 3.63) is 137 Å². The van der Waals surface area contributed by atoms with Gasteiger partial charge in [-0.05, 0) is 141 Å². The van der Waals surface area contributed by atoms with Crippen molar-refractivity contribution in [3.8, 4) is 27.9 Å². The molecule has 0 aliphatic carbocycles. The zero-order chi connectivity index (χ0) is 38.0. The van der Waals surface area contributed by atoms with Gasteiger partial charge in [0.15, 0.2) is 0 Å². The van der Waals surface area contributed by atoms with E-state index in [9.17, 15) is 0 Å². The standard InChI is InChI=1S/C52H47BN2/c1-28-22-30(3)45(31(4)23-28)38-27-44-47(35-15-12-11-14-34(35)38)36-16-13-17-41-50(36)54(44)43-20-18-29(2)46-40-26-33(52(8,9)10)25-39-37-24-32(51(5,6)7)19-21-42(37)55(49(39)40)53(41)48(43)46/h11-27H,1-10H3. The topological polar surface area (TPSA) is 9.86 Å². The molecule has 0 saturated carbocycles. The number of fused-ring (bicyclic) bond motifs is 12. The minimum absolute atomic E-state index is 0.000558. The first kappa shape index (κ1) is 32.9. The molecule has 11 rings (SSSR count). The van der Waals surface area contributed by atoms with Crippen molar-refractivity contribution in [2.45, 2.75) is 80.1 Å². The van der Waals surface area contributed by atoms with E-state index >= 15 is 0 Å². The predicted octanol–water partition coefficient (Wildman–Crippen LogP) is 12.5. The summed E-state index contributed by atoms with van der Waals surface area (Å²) in [6.45, 7) is 23.2. The molecule has 0 unspecified atom stereocenters. The van der Waals surface area contributed by atoms with Crippen molar-refractivity contribution in [1.29, 1.82) is 0 Å². The first-order valence-electron chi connectivity index (χ1n) is 20.1. The summed E-state index contributed by atoms with van der Waals surface area (Å²) in [6, 6.07) is 40.6. The predicted molar refractivity (Wildman–Crippen MR) is 239 cm³/mol. The summed E-state index contributed by atoms with van der Waals surface area (Å²) in [5.74, 6) is 0. The quantitative estimate of drug-likeness (QED) is 0.150. The maximum Gasteiger partial charge on any atom is 0.333 e. The van der Waals surface area contributed by atoms with Gasteiger partial charge in [0.2, 0.25) is 0 Å². The van der Waals surface area contributed by atoms with Gasteiger partial charge in [-0.25, -0.2) is 0 Å². The fraction of sp³-hybridized carbons (Fsp3) is 0.231. The molecule has 0 saturated heterocycles. The van der Waals surface area contributed by atoms with Crippen LogP contribution < -0.4 is 10.9 Å². The number of nitrogens with zero attached hydrogens (tertiary/aromatic N) is 2. The summed E-state index contributed by atoms with van der Waals surface area (Å²) >= 11 is 0. The first-order valence-corrected chi connectivity index (χ1v) is 20.1. The largest absolute Gasteiger partial charge is 0.375 e. The lowest BCUT2D eigenvalue weighted by atomic mass is 9.45. The second kappa shape index (κ2) is 10.6. The molecule has 0 N–H and O–H groups in total. The van der Waals surface area contributed by atoms with Gasteiger partial charge in [-0.3, -0.25) is 0 Å². The van der Waals surface area contributed by atoms with E-state index in [1.165, 1.54) is 127 Å². The normalized spacial score (nSPS) is 13.6. The Balaban J connectivity index is 1.34. The molecule has 55 heavy (non-hydrogen) atoms. The molecule has 9 aromatic rings. The van der Waals surface area contributed by atoms with Crippen molar-refractivity contribution in [1.82, 2.24) is 9.05 Å². The highest BCUT2D eigenvalue weighted by molar-refractivity contribution is 6.90. The van der Waals surface area contributed by atoms with E-state index in [0.29, 0.717) is 0 Å². The van der Waals surface area contributed by atoms with Gasteiger partial charge in [-0.1, -0.05) is 114 Å². The molecule has 0 fully saturated rings. The molecule has 0 spiro atoms. The average Bonchev–Trinajstić information content (AvgIpc) is 3.64. The number of hydrogen-bond acceptors (Lipinski definition) is 0. The monoisotopic (exact) mass is 710 g/mol. The fourth-order valence-electron chi connectivity index (χ4n) is 10.7. The van der Waals surface area contributed by atoms with Crippen LogP contribution >= 0.6 is 0 Å². The maximum atomic E-state index is 2.72. The molecule has 0 amide bonds. The Kier molecular flexibility index (Phi) is 6.34. The second-order valence-corrected chi connectivity index (χ2v) is 18.8. The summed E-state index contributed by atoms with van der Waals surface area (Å²) < 4.78 is 5.37. The minimum Gasteiger partial charge on any atom is -0.375 e. The van der Waals surface area contributed by atoms with E-state index in [2.05, 4.69) is 181 Å². The lowest BCUT2D eigenvalue weighted by Gasteiger charge is -2.35. The van der Waals surface area contributed by atoms with Gasteiger partial charge in [-0.2, -0.15) is 0 Å². The van der Waals surface area contributed by atoms with Crippen molar-refractivity contribution < 1.29 is 0 Å². The second-order valence-electron chi connectivity index (χ2n) is 18.8. The van der Waals surface area contributed by atoms with Crippen molar-refractivity contribution in [2.75, 3.05) is 0 Å². The zero-order valence-electron chi connectivity index (χ0n) is 33.8. The van der Waals surface area contributed by atoms with Crippen LogP contribution in [0, 0.1) is 27.7 Å². The van der Waals surface area contributed by atoms with Gasteiger partial charge in [0.05, 0.1) is 11.0 Å². The summed E-state index contributed by atoms with van der Waals surface area (Å²) in [6.07, 6.45) is 0. The van der Waals surface area contributed by atoms with E-state index in [4.69, 9.17) is 0 Å². The first-order chi connectivity index (χ1) is 26.2. The van der Waals surface area contributed by atoms with Crippen LogP contribution in [-0.2, 0) is 10.8 Å². The molecule has 0 bridgehead atoms. The highest BCUT2D eigenvalue weighted by Gasteiger charge is 2.42. The summed E-state index contributed by atoms with van der Waals surface area (Å²) in [4.78, 5) is 0. The number of benzene rings is 7. The Hall–Kier alpha value is -5.54. The van der Waals surface area contributed by atoms with Crippen LogP contribution in [0.4, 0.5) is 0 Å². The van der Waals surface area contributed by atoms with Crippen LogP contribution in [0.3, 0.4) is 0 Å². The van der Waals surface area contributed by atoms with Crippen LogP contribution in [0.15, 0.2) is 103 Å². The van der Waals surface area contributed by atoms with Gasteiger partial charge in [0.1, 0.15) is 0 Å². The molecule has 2 aromatic heterocycles. The fourth-order valence-corrected chi connectivity index (χ4v) is 10.7. The van der Waals surface area contributed by atoms with E-state index in [-0.39, 0.29) is 17.7 Å². The molecule has 0 atom stereocenters. The number of aryl methyl sites for hydroxylation is 4. The highest BCUT2D eigenvalue weighted by Crippen LogP contribution is 2.48. The lowest BCUT2D eigenvalue weighted by Crippen LogP contribution is -2.55. The Bertz CT molecular complexity index is 3180. The average molecular weight is 711 g/mol. The molecule has 2 aliphatic heterocycles. The van der Waals surface area contributed by atoms with E-state index in [1.54, 1.807) is 0 Å². The van der Waals surface area contributed by atoms with Gasteiger partial charge >= 0.3 is 6.85 Å². The van der Waals surface area contributed by atoms with Crippen molar-refractivity contribution in [2.24, 2.45) is 0 Å². The Labute approximate surface area is 324 Å². The van der Waals surface area contributed by atoms with Crippen LogP contribution in [0.1, 0.15) is 74.9 Å². The molecule has 3 heteroatoms. The number of rotatable bonds is 1. The van der Waals surface area contributed by atoms with Gasteiger partial charge in [0.25, 0.3) is 0 Å². The molecule has 0 radical (unpaired) electrons. The van der Waals surface area contributed by atoms with Crippen LogP contribution in [0.25, 0.3) is 82.3 Å². The third-order valence-electron chi connectivity index (χ3n) is 13.2. The molecule has 2 aliphatic rings. The lowest BCUT2D eigenvalue weighted by molar-refractivity contribution is 0.590. The Morgan fingerprint density at radius 3 is 1.91 bits per heavy atom. The van der Waals surface area contributed by atoms with Crippen molar-refractivity contribution in [3.63, 3.8) is 0 Å². The zero-order valence-corrected chi connectivity index (χ0v) is 33.8. The summed E-state index contributed by atoms with van der Waals surface area (Å²) in [5, 5.41) is 8.04. The summed E-state index contributed by atoms with van der Waals surface area (Å²) in [7, 11) is 0. The van der Waals surface area contributed by atoms with Crippen LogP contribution in [-0.4, -0.2) is 15.9 Å². The van der Waals surface area contributed by atoms with Gasteiger partial charge in [0, 0.05) is 43.8 Å². The smallest absolute Gasteiger partial charge is 0.333 e. The summed E-state index contributed by atoms with van der Waals surface area (Å²) in [5.41, 5.74) is 23.0. The van der Waals surface area contributed by atoms with E-state index in [1.807, 2.05) is 0 Å². The Morgan fingerprint density at radius 1 is 0.491 bits per heavy atom. The molecule has 268 valence electrons. The van der Waals surface area contributed by atoms with E-state index in [0.717, 1.165) is 0 Å². The molecular formula is C52H47BN2. The Morgan fingerprint density at radius 2 is 1.18 bits per heavy atom. The number of para-hydroxylation sites is 1. The third-order valence-corrected chi connectivity index (χ3v) is 13.2. The number of aromatic nitrogens is 2. The van der Waals surface area contributed by atoms with E-state index < -0.39 is 0 Å². The third kappa shape index (κ3) is 4.22. The van der Waals surface area contributed by atoms with Gasteiger partial charge in [-0.15, -0.1) is 0 Å². The molecule has 2 nitrogen and oxygen atoms in total. The highest BCUT2D eigenvalue weighted by atomic mass is 15.0.